The molecule has 1 N–H and O–H groups in total. The zero-order valence-electron chi connectivity index (χ0n) is 18.4. The summed E-state index contributed by atoms with van der Waals surface area (Å²) in [5, 5.41) is 3.12. The summed E-state index contributed by atoms with van der Waals surface area (Å²) in [6, 6.07) is 14.2. The minimum absolute atomic E-state index is 0.145. The van der Waals surface area contributed by atoms with Gasteiger partial charge in [0.2, 0.25) is 11.8 Å². The first-order valence-corrected chi connectivity index (χ1v) is 10.8. The maximum Gasteiger partial charge on any atom is 0.323 e. The van der Waals surface area contributed by atoms with Gasteiger partial charge in [-0.2, -0.15) is 0 Å². The van der Waals surface area contributed by atoms with Gasteiger partial charge < -0.3 is 4.74 Å². The summed E-state index contributed by atoms with van der Waals surface area (Å²) in [6.07, 6.45) is 0. The molecular weight excluding hydrogens is 461 g/mol. The SMILES string of the molecule is COC(=O)[C@@H]1NC(c2ccc(F)cc2)(c2ccc(F)cc2)[C@@H]2C(=O)N(c3ccc(F)cc3)C(=O)[C@@H]21. The molecule has 2 amide bonds. The van der Waals surface area contributed by atoms with Crippen LogP contribution in [-0.2, 0) is 24.7 Å². The number of imide groups is 1. The molecule has 9 heteroatoms. The van der Waals surface area contributed by atoms with Gasteiger partial charge in [-0.3, -0.25) is 19.7 Å². The number of hydrogen-bond donors (Lipinski definition) is 1. The van der Waals surface area contributed by atoms with Gasteiger partial charge in [-0.15, -0.1) is 0 Å². The Bertz CT molecular complexity index is 1260. The number of carbonyl (C=O) groups is 3. The highest BCUT2D eigenvalue weighted by atomic mass is 19.1. The first kappa shape index (κ1) is 22.8. The maximum absolute atomic E-state index is 13.9. The zero-order chi connectivity index (χ0) is 24.9. The maximum atomic E-state index is 13.9. The number of ether oxygens (including phenoxy) is 1. The summed E-state index contributed by atoms with van der Waals surface area (Å²) in [5.41, 5.74) is -0.554. The van der Waals surface area contributed by atoms with E-state index in [1.807, 2.05) is 0 Å². The number of benzene rings is 3. The highest BCUT2D eigenvalue weighted by molar-refractivity contribution is 6.24. The second-order valence-electron chi connectivity index (χ2n) is 8.46. The molecule has 5 rings (SSSR count). The van der Waals surface area contributed by atoms with E-state index in [-0.39, 0.29) is 5.69 Å². The number of methoxy groups -OCH3 is 1. The quantitative estimate of drug-likeness (QED) is 0.458. The molecule has 0 aliphatic carbocycles. The fourth-order valence-corrected chi connectivity index (χ4v) is 5.20. The van der Waals surface area contributed by atoms with Crippen LogP contribution in [0.1, 0.15) is 11.1 Å². The molecule has 3 aromatic carbocycles. The molecule has 0 spiro atoms. The smallest absolute Gasteiger partial charge is 0.323 e. The molecule has 0 saturated carbocycles. The van der Waals surface area contributed by atoms with Crippen LogP contribution in [0.4, 0.5) is 18.9 Å². The van der Waals surface area contributed by atoms with Gasteiger partial charge in [-0.1, -0.05) is 24.3 Å². The molecule has 35 heavy (non-hydrogen) atoms. The van der Waals surface area contributed by atoms with Crippen LogP contribution in [0, 0.1) is 29.3 Å². The van der Waals surface area contributed by atoms with Crippen LogP contribution < -0.4 is 10.2 Å². The molecule has 2 saturated heterocycles. The molecular formula is C26H19F3N2O4. The number of esters is 1. The van der Waals surface area contributed by atoms with E-state index in [1.165, 1.54) is 60.7 Å². The van der Waals surface area contributed by atoms with Gasteiger partial charge in [0.05, 0.1) is 30.2 Å². The molecule has 0 unspecified atom stereocenters. The summed E-state index contributed by atoms with van der Waals surface area (Å²) in [6.45, 7) is 0. The van der Waals surface area contributed by atoms with Crippen molar-refractivity contribution in [1.82, 2.24) is 5.32 Å². The predicted octanol–water partition coefficient (Wildman–Crippen LogP) is 3.30. The van der Waals surface area contributed by atoms with Crippen LogP contribution in [0.25, 0.3) is 0 Å². The summed E-state index contributed by atoms with van der Waals surface area (Å²) in [4.78, 5) is 41.3. The van der Waals surface area contributed by atoms with E-state index in [2.05, 4.69) is 5.32 Å². The average Bonchev–Trinajstić information content (AvgIpc) is 3.35. The van der Waals surface area contributed by atoms with Crippen molar-refractivity contribution in [3.63, 3.8) is 0 Å². The first-order chi connectivity index (χ1) is 16.8. The van der Waals surface area contributed by atoms with Crippen LogP contribution in [-0.4, -0.2) is 30.9 Å². The van der Waals surface area contributed by atoms with Gasteiger partial charge in [-0.25, -0.2) is 18.1 Å². The molecule has 0 radical (unpaired) electrons. The van der Waals surface area contributed by atoms with Crippen molar-refractivity contribution >= 4 is 23.5 Å². The van der Waals surface area contributed by atoms with E-state index in [9.17, 15) is 27.6 Å². The average molecular weight is 480 g/mol. The number of rotatable bonds is 4. The number of halogens is 3. The molecule has 2 aliphatic heterocycles. The molecule has 0 bridgehead atoms. The molecule has 3 aromatic rings. The summed E-state index contributed by atoms with van der Waals surface area (Å²) in [7, 11) is 1.16. The number of carbonyl (C=O) groups excluding carboxylic acids is 3. The highest BCUT2D eigenvalue weighted by Crippen LogP contribution is 2.52. The highest BCUT2D eigenvalue weighted by Gasteiger charge is 2.68. The standard InChI is InChI=1S/C26H19F3N2O4/c1-35-25(34)22-20-21(24(33)31(23(20)32)19-12-10-18(29)11-13-19)26(30-22,14-2-6-16(27)7-3-14)15-4-8-17(28)9-5-15/h2-13,20-22,30H,1H3/t20-,21-,22+/m0/s1. The van der Waals surface area contributed by atoms with E-state index >= 15 is 0 Å². The third-order valence-electron chi connectivity index (χ3n) is 6.70. The number of fused-ring (bicyclic) bond motifs is 1. The van der Waals surface area contributed by atoms with Gasteiger partial charge in [0.1, 0.15) is 23.5 Å². The van der Waals surface area contributed by atoms with Crippen LogP contribution in [0.3, 0.4) is 0 Å². The summed E-state index contributed by atoms with van der Waals surface area (Å²) < 4.78 is 46.1. The van der Waals surface area contributed by atoms with Crippen LogP contribution in [0.5, 0.6) is 0 Å². The topological polar surface area (TPSA) is 75.7 Å². The third kappa shape index (κ3) is 3.42. The monoisotopic (exact) mass is 480 g/mol. The fourth-order valence-electron chi connectivity index (χ4n) is 5.20. The number of nitrogens with one attached hydrogen (secondary N) is 1. The van der Waals surface area contributed by atoms with Crippen molar-refractivity contribution in [1.29, 1.82) is 0 Å². The zero-order valence-corrected chi connectivity index (χ0v) is 18.4. The Balaban J connectivity index is 1.75. The van der Waals surface area contributed by atoms with E-state index < -0.39 is 58.7 Å². The van der Waals surface area contributed by atoms with Crippen molar-refractivity contribution in [2.24, 2.45) is 11.8 Å². The van der Waals surface area contributed by atoms with Crippen molar-refractivity contribution in [3.8, 4) is 0 Å². The Morgan fingerprint density at radius 2 is 1.26 bits per heavy atom. The minimum Gasteiger partial charge on any atom is -0.468 e. The third-order valence-corrected chi connectivity index (χ3v) is 6.70. The number of hydrogen-bond acceptors (Lipinski definition) is 5. The molecule has 2 fully saturated rings. The lowest BCUT2D eigenvalue weighted by Gasteiger charge is -2.36. The van der Waals surface area contributed by atoms with E-state index in [0.29, 0.717) is 11.1 Å². The Kier molecular flexibility index (Phi) is 5.44. The summed E-state index contributed by atoms with van der Waals surface area (Å²) in [5.74, 6) is -6.02. The van der Waals surface area contributed by atoms with Crippen molar-refractivity contribution in [2.45, 2.75) is 11.6 Å². The van der Waals surface area contributed by atoms with Gasteiger partial charge in [0, 0.05) is 0 Å². The minimum atomic E-state index is -1.49. The molecule has 2 aliphatic rings. The normalized spacial score (nSPS) is 22.9. The summed E-state index contributed by atoms with van der Waals surface area (Å²) >= 11 is 0. The van der Waals surface area contributed by atoms with E-state index in [0.717, 1.165) is 24.1 Å². The second kappa shape index (κ2) is 8.35. The lowest BCUT2D eigenvalue weighted by atomic mass is 9.71. The first-order valence-electron chi connectivity index (χ1n) is 10.8. The molecule has 0 aromatic heterocycles. The van der Waals surface area contributed by atoms with Gasteiger partial charge in [-0.05, 0) is 59.7 Å². The van der Waals surface area contributed by atoms with E-state index in [4.69, 9.17) is 4.74 Å². The second-order valence-corrected chi connectivity index (χ2v) is 8.46. The van der Waals surface area contributed by atoms with Crippen LogP contribution in [0.2, 0.25) is 0 Å². The van der Waals surface area contributed by atoms with E-state index in [1.54, 1.807) is 0 Å². The Morgan fingerprint density at radius 3 is 1.71 bits per heavy atom. The Hall–Kier alpha value is -3.98. The molecule has 2 heterocycles. The molecule has 6 nitrogen and oxygen atoms in total. The van der Waals surface area contributed by atoms with Crippen molar-refractivity contribution in [2.75, 3.05) is 12.0 Å². The van der Waals surface area contributed by atoms with Crippen LogP contribution in [0.15, 0.2) is 72.8 Å². The fraction of sp³-hybridized carbons (Fsp3) is 0.192. The van der Waals surface area contributed by atoms with Gasteiger partial charge in [0.15, 0.2) is 0 Å². The molecule has 3 atom stereocenters. The van der Waals surface area contributed by atoms with Crippen LogP contribution >= 0.6 is 0 Å². The Labute approximate surface area is 198 Å². The van der Waals surface area contributed by atoms with Crippen molar-refractivity contribution < 1.29 is 32.3 Å². The Morgan fingerprint density at radius 1 is 0.800 bits per heavy atom. The predicted molar refractivity (Wildman–Crippen MR) is 118 cm³/mol. The van der Waals surface area contributed by atoms with Gasteiger partial charge in [0.25, 0.3) is 0 Å². The van der Waals surface area contributed by atoms with Gasteiger partial charge >= 0.3 is 5.97 Å². The number of amides is 2. The number of nitrogens with zero attached hydrogens (tertiary/aromatic N) is 1. The number of anilines is 1. The lowest BCUT2D eigenvalue weighted by molar-refractivity contribution is -0.145. The largest absolute Gasteiger partial charge is 0.468 e. The van der Waals surface area contributed by atoms with Crippen molar-refractivity contribution in [3.05, 3.63) is 101 Å². The molecule has 178 valence electrons. The lowest BCUT2D eigenvalue weighted by Crippen LogP contribution is -2.52.